The van der Waals surface area contributed by atoms with Crippen LogP contribution < -0.4 is 5.32 Å². The van der Waals surface area contributed by atoms with E-state index in [9.17, 15) is 9.18 Å². The SMILES string of the molecule is CCNC(=NCc1cc(C#N)ccc1F)N1CCN(C2CC2)C(=O)C1.I. The van der Waals surface area contributed by atoms with Crippen molar-refractivity contribution in [2.24, 2.45) is 4.99 Å². The maximum absolute atomic E-state index is 13.9. The molecule has 140 valence electrons. The molecule has 1 aromatic rings. The summed E-state index contributed by atoms with van der Waals surface area (Å²) in [5.41, 5.74) is 0.780. The fourth-order valence-corrected chi connectivity index (χ4v) is 2.99. The van der Waals surface area contributed by atoms with Crippen LogP contribution in [0.3, 0.4) is 0 Å². The fraction of sp³-hybridized carbons (Fsp3) is 0.500. The van der Waals surface area contributed by atoms with Crippen LogP contribution in [0.5, 0.6) is 0 Å². The van der Waals surface area contributed by atoms with Gasteiger partial charge in [0.25, 0.3) is 0 Å². The molecule has 1 saturated heterocycles. The number of aliphatic imine (C=N–C) groups is 1. The van der Waals surface area contributed by atoms with Crippen LogP contribution in [0.1, 0.15) is 30.9 Å². The molecule has 3 rings (SSSR count). The first-order valence-corrected chi connectivity index (χ1v) is 8.63. The third kappa shape index (κ3) is 4.84. The van der Waals surface area contributed by atoms with Gasteiger partial charge in [0, 0.05) is 31.2 Å². The van der Waals surface area contributed by atoms with E-state index in [1.165, 1.54) is 18.2 Å². The Bertz CT molecular complexity index is 729. The van der Waals surface area contributed by atoms with Gasteiger partial charge in [-0.1, -0.05) is 0 Å². The number of amides is 1. The molecule has 0 radical (unpaired) electrons. The fourth-order valence-electron chi connectivity index (χ4n) is 2.99. The van der Waals surface area contributed by atoms with Gasteiger partial charge in [0.05, 0.1) is 24.7 Å². The van der Waals surface area contributed by atoms with Crippen molar-refractivity contribution in [3.05, 3.63) is 35.1 Å². The number of benzene rings is 1. The summed E-state index contributed by atoms with van der Waals surface area (Å²) in [4.78, 5) is 20.7. The third-order valence-corrected chi connectivity index (χ3v) is 4.45. The highest BCUT2D eigenvalue weighted by Gasteiger charge is 2.36. The number of halogens is 2. The van der Waals surface area contributed by atoms with E-state index in [1.807, 2.05) is 22.8 Å². The summed E-state index contributed by atoms with van der Waals surface area (Å²) >= 11 is 0. The molecule has 2 fully saturated rings. The van der Waals surface area contributed by atoms with E-state index in [2.05, 4.69) is 10.3 Å². The number of carbonyl (C=O) groups is 1. The molecule has 0 spiro atoms. The Morgan fingerprint density at radius 2 is 2.19 bits per heavy atom. The number of nitriles is 1. The Hall–Kier alpha value is -1.89. The largest absolute Gasteiger partial charge is 0.356 e. The Kier molecular flexibility index (Phi) is 7.20. The van der Waals surface area contributed by atoms with Crippen LogP contribution in [-0.2, 0) is 11.3 Å². The van der Waals surface area contributed by atoms with Crippen LogP contribution in [0.25, 0.3) is 0 Å². The number of hydrogen-bond acceptors (Lipinski definition) is 3. The van der Waals surface area contributed by atoms with Crippen molar-refractivity contribution in [1.82, 2.24) is 15.1 Å². The number of nitrogens with zero attached hydrogens (tertiary/aromatic N) is 4. The zero-order valence-electron chi connectivity index (χ0n) is 14.7. The van der Waals surface area contributed by atoms with Crippen molar-refractivity contribution in [3.8, 4) is 6.07 Å². The molecule has 0 atom stereocenters. The monoisotopic (exact) mass is 471 g/mol. The van der Waals surface area contributed by atoms with Gasteiger partial charge in [0.2, 0.25) is 5.91 Å². The lowest BCUT2D eigenvalue weighted by Crippen LogP contribution is -2.55. The van der Waals surface area contributed by atoms with Gasteiger partial charge in [-0.05, 0) is 38.0 Å². The molecule has 2 aliphatic rings. The molecule has 1 aromatic carbocycles. The minimum Gasteiger partial charge on any atom is -0.356 e. The van der Waals surface area contributed by atoms with Gasteiger partial charge in [0.15, 0.2) is 5.96 Å². The van der Waals surface area contributed by atoms with E-state index in [1.54, 1.807) is 0 Å². The maximum Gasteiger partial charge on any atom is 0.242 e. The van der Waals surface area contributed by atoms with Crippen LogP contribution in [-0.4, -0.2) is 53.9 Å². The zero-order valence-corrected chi connectivity index (χ0v) is 17.1. The molecule has 26 heavy (non-hydrogen) atoms. The molecule has 1 aliphatic carbocycles. The van der Waals surface area contributed by atoms with Gasteiger partial charge in [-0.2, -0.15) is 5.26 Å². The van der Waals surface area contributed by atoms with Crippen LogP contribution >= 0.6 is 24.0 Å². The summed E-state index contributed by atoms with van der Waals surface area (Å²) in [5.74, 6) is 0.346. The average Bonchev–Trinajstić information content (AvgIpc) is 3.44. The van der Waals surface area contributed by atoms with Gasteiger partial charge in [-0.25, -0.2) is 9.38 Å². The Morgan fingerprint density at radius 3 is 2.81 bits per heavy atom. The lowest BCUT2D eigenvalue weighted by Gasteiger charge is -2.36. The first-order chi connectivity index (χ1) is 12.1. The number of piperazine rings is 1. The van der Waals surface area contributed by atoms with E-state index in [4.69, 9.17) is 5.26 Å². The van der Waals surface area contributed by atoms with E-state index >= 15 is 0 Å². The Morgan fingerprint density at radius 1 is 1.42 bits per heavy atom. The van der Waals surface area contributed by atoms with E-state index < -0.39 is 0 Å². The van der Waals surface area contributed by atoms with E-state index in [0.717, 1.165) is 19.4 Å². The minimum absolute atomic E-state index is 0. The molecule has 1 heterocycles. The predicted molar refractivity (Wildman–Crippen MR) is 108 cm³/mol. The van der Waals surface area contributed by atoms with Crippen LogP contribution in [0.4, 0.5) is 4.39 Å². The summed E-state index contributed by atoms with van der Waals surface area (Å²) in [6.45, 7) is 4.45. The van der Waals surface area contributed by atoms with E-state index in [-0.39, 0.29) is 42.2 Å². The Labute approximate surface area is 170 Å². The number of carbonyl (C=O) groups excluding carboxylic acids is 1. The molecule has 8 heteroatoms. The number of guanidine groups is 1. The van der Waals surface area contributed by atoms with Gasteiger partial charge in [-0.3, -0.25) is 4.79 Å². The first-order valence-electron chi connectivity index (χ1n) is 8.63. The summed E-state index contributed by atoms with van der Waals surface area (Å²) in [6.07, 6.45) is 2.21. The van der Waals surface area contributed by atoms with Crippen LogP contribution in [0.15, 0.2) is 23.2 Å². The summed E-state index contributed by atoms with van der Waals surface area (Å²) < 4.78 is 13.9. The molecule has 0 bridgehead atoms. The number of nitrogens with one attached hydrogen (secondary N) is 1. The average molecular weight is 471 g/mol. The molecule has 6 nitrogen and oxygen atoms in total. The second-order valence-corrected chi connectivity index (χ2v) is 6.33. The Balaban J connectivity index is 0.00000243. The van der Waals surface area contributed by atoms with Crippen LogP contribution in [0, 0.1) is 17.1 Å². The van der Waals surface area contributed by atoms with Crippen molar-refractivity contribution < 1.29 is 9.18 Å². The molecule has 1 N–H and O–H groups in total. The van der Waals surface area contributed by atoms with Gasteiger partial charge >= 0.3 is 0 Å². The van der Waals surface area contributed by atoms with Crippen molar-refractivity contribution in [1.29, 1.82) is 5.26 Å². The summed E-state index contributed by atoms with van der Waals surface area (Å²) in [7, 11) is 0. The molecule has 1 amide bonds. The van der Waals surface area contributed by atoms with Crippen molar-refractivity contribution in [2.75, 3.05) is 26.2 Å². The van der Waals surface area contributed by atoms with Crippen molar-refractivity contribution in [2.45, 2.75) is 32.4 Å². The lowest BCUT2D eigenvalue weighted by atomic mass is 10.1. The van der Waals surface area contributed by atoms with Gasteiger partial charge in [0.1, 0.15) is 5.82 Å². The highest BCUT2D eigenvalue weighted by Crippen LogP contribution is 2.28. The predicted octanol–water partition coefficient (Wildman–Crippen LogP) is 2.09. The van der Waals surface area contributed by atoms with Crippen molar-refractivity contribution in [3.63, 3.8) is 0 Å². The quantitative estimate of drug-likeness (QED) is 0.415. The normalized spacial score (nSPS) is 17.6. The minimum atomic E-state index is -0.381. The summed E-state index contributed by atoms with van der Waals surface area (Å²) in [6, 6.07) is 6.68. The molecule has 1 saturated carbocycles. The second-order valence-electron chi connectivity index (χ2n) is 6.33. The first kappa shape index (κ1) is 20.4. The standard InChI is InChI=1S/C18H22FN5O.HI/c1-2-21-18(22-11-14-9-13(10-20)3-6-16(14)19)23-7-8-24(15-4-5-15)17(25)12-23;/h3,6,9,15H,2,4-5,7-8,11-12H2,1H3,(H,21,22);1H. The highest BCUT2D eigenvalue weighted by atomic mass is 127. The highest BCUT2D eigenvalue weighted by molar-refractivity contribution is 14.0. The smallest absolute Gasteiger partial charge is 0.242 e. The molecular weight excluding hydrogens is 448 g/mol. The molecule has 1 aliphatic heterocycles. The maximum atomic E-state index is 13.9. The molecule has 0 unspecified atom stereocenters. The van der Waals surface area contributed by atoms with E-state index in [0.29, 0.717) is 42.8 Å². The molecular formula is C18H23FIN5O. The second kappa shape index (κ2) is 9.16. The third-order valence-electron chi connectivity index (χ3n) is 4.45. The van der Waals surface area contributed by atoms with Gasteiger partial charge < -0.3 is 15.1 Å². The lowest BCUT2D eigenvalue weighted by molar-refractivity contribution is -0.135. The van der Waals surface area contributed by atoms with Crippen LogP contribution in [0.2, 0.25) is 0 Å². The number of hydrogen-bond donors (Lipinski definition) is 1. The van der Waals surface area contributed by atoms with Crippen molar-refractivity contribution >= 4 is 35.8 Å². The van der Waals surface area contributed by atoms with Gasteiger partial charge in [-0.15, -0.1) is 24.0 Å². The molecule has 0 aromatic heterocycles. The number of rotatable bonds is 4. The topological polar surface area (TPSA) is 71.7 Å². The zero-order chi connectivity index (χ0) is 17.8. The summed E-state index contributed by atoms with van der Waals surface area (Å²) in [5, 5.41) is 12.1.